The van der Waals surface area contributed by atoms with Crippen molar-refractivity contribution in [2.24, 2.45) is 0 Å². The van der Waals surface area contributed by atoms with Crippen molar-refractivity contribution in [3.63, 3.8) is 0 Å². The summed E-state index contributed by atoms with van der Waals surface area (Å²) >= 11 is 1.44. The van der Waals surface area contributed by atoms with Crippen molar-refractivity contribution >= 4 is 39.1 Å². The Kier molecular flexibility index (Phi) is 7.12. The number of anilines is 1. The molecule has 4 aromatic rings. The maximum atomic E-state index is 13.2. The fourth-order valence-electron chi connectivity index (χ4n) is 3.85. The molecule has 0 atom stereocenters. The number of nitrogens with one attached hydrogen (secondary N) is 2. The number of amides is 2. The lowest BCUT2D eigenvalue weighted by molar-refractivity contribution is -0.116. The Bertz CT molecular complexity index is 1450. The van der Waals surface area contributed by atoms with Gasteiger partial charge in [0.1, 0.15) is 4.83 Å². The van der Waals surface area contributed by atoms with Gasteiger partial charge in [-0.2, -0.15) is 0 Å². The van der Waals surface area contributed by atoms with E-state index in [-0.39, 0.29) is 36.4 Å². The van der Waals surface area contributed by atoms with Crippen LogP contribution in [0.15, 0.2) is 59.0 Å². The molecule has 35 heavy (non-hydrogen) atoms. The predicted octanol–water partition coefficient (Wildman–Crippen LogP) is 4.91. The third-order valence-electron chi connectivity index (χ3n) is 5.68. The molecule has 8 heteroatoms. The molecule has 0 unspecified atom stereocenters. The number of aromatic nitrogens is 2. The van der Waals surface area contributed by atoms with Crippen molar-refractivity contribution in [1.29, 1.82) is 0 Å². The minimum atomic E-state index is -0.222. The monoisotopic (exact) mass is 488 g/mol. The number of benzene rings is 2. The van der Waals surface area contributed by atoms with Crippen LogP contribution in [-0.4, -0.2) is 27.4 Å². The van der Waals surface area contributed by atoms with Gasteiger partial charge in [0.05, 0.1) is 11.7 Å². The lowest BCUT2D eigenvalue weighted by Crippen LogP contribution is -2.30. The molecule has 0 saturated heterocycles. The molecule has 0 fully saturated rings. The van der Waals surface area contributed by atoms with E-state index in [1.807, 2.05) is 57.3 Å². The van der Waals surface area contributed by atoms with E-state index >= 15 is 0 Å². The quantitative estimate of drug-likeness (QED) is 0.387. The van der Waals surface area contributed by atoms with Crippen LogP contribution in [0.3, 0.4) is 0 Å². The highest BCUT2D eigenvalue weighted by Gasteiger charge is 2.15. The third kappa shape index (κ3) is 5.49. The lowest BCUT2D eigenvalue weighted by atomic mass is 10.1. The standard InChI is InChI=1S/C27H28N4O3S/c1-16(2)29-25(33)21-10-9-20(13-18(21)4)30-23(32)11-12-31-15-28-26-24(27(31)34)22(14-35-26)19-7-5-17(3)6-8-19/h5-10,13-16H,11-12H2,1-4H3,(H,29,33)(H,30,32). The SMILES string of the molecule is Cc1ccc(-c2csc3ncn(CCC(=O)Nc4ccc(C(=O)NC(C)C)c(C)c4)c(=O)c23)cc1. The first kappa shape index (κ1) is 24.3. The van der Waals surface area contributed by atoms with Gasteiger partial charge in [0.15, 0.2) is 0 Å². The normalized spacial score (nSPS) is 11.1. The summed E-state index contributed by atoms with van der Waals surface area (Å²) in [5, 5.41) is 8.25. The molecule has 2 N–H and O–H groups in total. The lowest BCUT2D eigenvalue weighted by Gasteiger charge is -2.12. The summed E-state index contributed by atoms with van der Waals surface area (Å²) in [5.41, 5.74) is 4.77. The Hall–Kier alpha value is -3.78. The summed E-state index contributed by atoms with van der Waals surface area (Å²) in [7, 11) is 0. The van der Waals surface area contributed by atoms with Crippen LogP contribution < -0.4 is 16.2 Å². The van der Waals surface area contributed by atoms with Crippen LogP contribution in [0.25, 0.3) is 21.3 Å². The van der Waals surface area contributed by atoms with Crippen molar-refractivity contribution in [3.05, 3.63) is 81.2 Å². The number of aryl methyl sites for hydroxylation is 3. The number of rotatable bonds is 7. The van der Waals surface area contributed by atoms with Gasteiger partial charge in [-0.25, -0.2) is 4.98 Å². The van der Waals surface area contributed by atoms with Crippen molar-refractivity contribution in [3.8, 4) is 11.1 Å². The summed E-state index contributed by atoms with van der Waals surface area (Å²) in [6, 6.07) is 13.3. The van der Waals surface area contributed by atoms with Crippen LogP contribution in [0.4, 0.5) is 5.69 Å². The van der Waals surface area contributed by atoms with E-state index in [0.717, 1.165) is 22.3 Å². The second-order valence-electron chi connectivity index (χ2n) is 8.89. The van der Waals surface area contributed by atoms with Crippen LogP contribution >= 0.6 is 11.3 Å². The first-order valence-electron chi connectivity index (χ1n) is 11.5. The van der Waals surface area contributed by atoms with Crippen LogP contribution in [0.2, 0.25) is 0 Å². The Labute approximate surface area is 207 Å². The molecule has 4 rings (SSSR count). The van der Waals surface area contributed by atoms with E-state index in [1.54, 1.807) is 18.2 Å². The molecule has 0 bridgehead atoms. The molecule has 7 nitrogen and oxygen atoms in total. The predicted molar refractivity (Wildman–Crippen MR) is 141 cm³/mol. The molecule has 2 aromatic carbocycles. The summed E-state index contributed by atoms with van der Waals surface area (Å²) in [6.07, 6.45) is 1.62. The van der Waals surface area contributed by atoms with Crippen molar-refractivity contribution < 1.29 is 9.59 Å². The number of nitrogens with zero attached hydrogens (tertiary/aromatic N) is 2. The number of carbonyl (C=O) groups is 2. The van der Waals surface area contributed by atoms with Crippen molar-refractivity contribution in [2.75, 3.05) is 5.32 Å². The third-order valence-corrected chi connectivity index (χ3v) is 6.56. The van der Waals surface area contributed by atoms with Crippen LogP contribution in [0.5, 0.6) is 0 Å². The van der Waals surface area contributed by atoms with E-state index in [0.29, 0.717) is 21.5 Å². The molecule has 0 aliphatic rings. The molecule has 0 aliphatic heterocycles. The molecule has 0 radical (unpaired) electrons. The summed E-state index contributed by atoms with van der Waals surface area (Å²) < 4.78 is 1.48. The fourth-order valence-corrected chi connectivity index (χ4v) is 4.76. The maximum absolute atomic E-state index is 13.2. The summed E-state index contributed by atoms with van der Waals surface area (Å²) in [5.74, 6) is -0.365. The molecule has 0 saturated carbocycles. The van der Waals surface area contributed by atoms with Gasteiger partial charge in [-0.3, -0.25) is 19.0 Å². The average Bonchev–Trinajstić information content (AvgIpc) is 3.23. The number of hydrogen-bond donors (Lipinski definition) is 2. The molecule has 180 valence electrons. The van der Waals surface area contributed by atoms with Crippen LogP contribution in [0.1, 0.15) is 41.8 Å². The Balaban J connectivity index is 1.46. The van der Waals surface area contributed by atoms with Gasteiger partial charge >= 0.3 is 0 Å². The highest BCUT2D eigenvalue weighted by Crippen LogP contribution is 2.30. The van der Waals surface area contributed by atoms with Gasteiger partial charge in [0.25, 0.3) is 11.5 Å². The van der Waals surface area contributed by atoms with Gasteiger partial charge in [-0.15, -0.1) is 11.3 Å². The Morgan fingerprint density at radius 3 is 2.51 bits per heavy atom. The molecular formula is C27H28N4O3S. The van der Waals surface area contributed by atoms with E-state index in [2.05, 4.69) is 15.6 Å². The zero-order valence-electron chi connectivity index (χ0n) is 20.2. The van der Waals surface area contributed by atoms with E-state index < -0.39 is 0 Å². The second kappa shape index (κ2) is 10.2. The first-order chi connectivity index (χ1) is 16.7. The first-order valence-corrected chi connectivity index (χ1v) is 12.4. The molecule has 2 amide bonds. The van der Waals surface area contributed by atoms with Gasteiger partial charge in [-0.1, -0.05) is 29.8 Å². The zero-order chi connectivity index (χ0) is 25.1. The molecular weight excluding hydrogens is 460 g/mol. The summed E-state index contributed by atoms with van der Waals surface area (Å²) in [4.78, 5) is 43.2. The maximum Gasteiger partial charge on any atom is 0.262 e. The zero-order valence-corrected chi connectivity index (χ0v) is 21.0. The fraction of sp³-hybridized carbons (Fsp3) is 0.259. The van der Waals surface area contributed by atoms with E-state index in [1.165, 1.54) is 22.2 Å². The molecule has 0 spiro atoms. The smallest absolute Gasteiger partial charge is 0.262 e. The van der Waals surface area contributed by atoms with Crippen LogP contribution in [0, 0.1) is 13.8 Å². The van der Waals surface area contributed by atoms with Crippen LogP contribution in [-0.2, 0) is 11.3 Å². The van der Waals surface area contributed by atoms with Gasteiger partial charge < -0.3 is 10.6 Å². The topological polar surface area (TPSA) is 93.1 Å². The largest absolute Gasteiger partial charge is 0.350 e. The average molecular weight is 489 g/mol. The van der Waals surface area contributed by atoms with E-state index in [9.17, 15) is 14.4 Å². The molecule has 2 heterocycles. The number of thiophene rings is 1. The Morgan fingerprint density at radius 1 is 1.09 bits per heavy atom. The molecule has 2 aromatic heterocycles. The van der Waals surface area contributed by atoms with Gasteiger partial charge in [0, 0.05) is 41.2 Å². The van der Waals surface area contributed by atoms with Crippen molar-refractivity contribution in [1.82, 2.24) is 14.9 Å². The second-order valence-corrected chi connectivity index (χ2v) is 9.75. The summed E-state index contributed by atoms with van der Waals surface area (Å²) in [6.45, 7) is 7.88. The number of hydrogen-bond acceptors (Lipinski definition) is 5. The van der Waals surface area contributed by atoms with Gasteiger partial charge in [-0.05, 0) is 57.0 Å². The minimum absolute atomic E-state index is 0.0421. The van der Waals surface area contributed by atoms with Crippen molar-refractivity contribution in [2.45, 2.75) is 46.7 Å². The highest BCUT2D eigenvalue weighted by molar-refractivity contribution is 7.17. The minimum Gasteiger partial charge on any atom is -0.350 e. The van der Waals surface area contributed by atoms with Gasteiger partial charge in [0.2, 0.25) is 5.91 Å². The highest BCUT2D eigenvalue weighted by atomic mass is 32.1. The number of fused-ring (bicyclic) bond motifs is 1. The number of carbonyl (C=O) groups excluding carboxylic acids is 2. The Morgan fingerprint density at radius 2 is 1.83 bits per heavy atom. The molecule has 0 aliphatic carbocycles. The van der Waals surface area contributed by atoms with E-state index in [4.69, 9.17) is 0 Å².